The molecule has 3 aromatic carbocycles. The molecule has 1 fully saturated rings. The topological polar surface area (TPSA) is 105 Å². The number of ether oxygens (including phenoxy) is 2. The highest BCUT2D eigenvalue weighted by Crippen LogP contribution is 2.48. The second kappa shape index (κ2) is 9.42. The van der Waals surface area contributed by atoms with Crippen molar-refractivity contribution < 1.29 is 28.6 Å². The van der Waals surface area contributed by atoms with Gasteiger partial charge in [-0.05, 0) is 24.3 Å². The first-order valence-electron chi connectivity index (χ1n) is 10.9. The van der Waals surface area contributed by atoms with Gasteiger partial charge in [-0.15, -0.1) is 0 Å². The molecule has 0 bridgehead atoms. The van der Waals surface area contributed by atoms with E-state index in [4.69, 9.17) is 32.7 Å². The van der Waals surface area contributed by atoms with E-state index in [9.17, 15) is 14.7 Å². The van der Waals surface area contributed by atoms with Crippen molar-refractivity contribution in [3.63, 3.8) is 0 Å². The van der Waals surface area contributed by atoms with Crippen LogP contribution >= 0.6 is 23.2 Å². The molecule has 188 valence electrons. The summed E-state index contributed by atoms with van der Waals surface area (Å²) in [6.45, 7) is 0. The fraction of sp³-hybridized carbons (Fsp3) is 0.115. The third kappa shape index (κ3) is 3.87. The van der Waals surface area contributed by atoms with Crippen LogP contribution < -0.4 is 14.4 Å². The molecular weight excluding hydrogens is 524 g/mol. The Morgan fingerprint density at radius 1 is 1.05 bits per heavy atom. The van der Waals surface area contributed by atoms with Gasteiger partial charge in [0.25, 0.3) is 5.78 Å². The number of fused-ring (bicyclic) bond motifs is 1. The number of imidazole rings is 1. The Labute approximate surface area is 219 Å². The summed E-state index contributed by atoms with van der Waals surface area (Å²) in [6, 6.07) is 12.5. The largest absolute Gasteiger partial charge is 0.507 e. The molecule has 5 rings (SSSR count). The van der Waals surface area contributed by atoms with Gasteiger partial charge in [-0.1, -0.05) is 53.5 Å². The molecule has 11 heteroatoms. The van der Waals surface area contributed by atoms with Crippen LogP contribution in [-0.4, -0.2) is 41.0 Å². The lowest BCUT2D eigenvalue weighted by molar-refractivity contribution is -0.132. The highest BCUT2D eigenvalue weighted by Gasteiger charge is 2.49. The number of hydrogen-bond donors (Lipinski definition) is 2. The van der Waals surface area contributed by atoms with Crippen molar-refractivity contribution in [2.45, 2.75) is 6.04 Å². The molecule has 0 spiro atoms. The summed E-state index contributed by atoms with van der Waals surface area (Å²) in [4.78, 5) is 35.2. The van der Waals surface area contributed by atoms with E-state index in [1.54, 1.807) is 30.3 Å². The number of amides is 1. The highest BCUT2D eigenvalue weighted by molar-refractivity contribution is 6.51. The van der Waals surface area contributed by atoms with Crippen LogP contribution in [0.1, 0.15) is 17.2 Å². The molecule has 1 atom stereocenters. The van der Waals surface area contributed by atoms with Gasteiger partial charge in [-0.3, -0.25) is 14.5 Å². The van der Waals surface area contributed by atoms with Gasteiger partial charge >= 0.3 is 5.91 Å². The van der Waals surface area contributed by atoms with Crippen molar-refractivity contribution in [3.05, 3.63) is 87.2 Å². The third-order valence-electron chi connectivity index (χ3n) is 6.04. The Balaban J connectivity index is 1.80. The average molecular weight is 542 g/mol. The number of aromatic amines is 1. The number of rotatable bonds is 5. The second-order valence-electron chi connectivity index (χ2n) is 8.05. The molecule has 1 unspecified atom stereocenters. The van der Waals surface area contributed by atoms with Crippen molar-refractivity contribution in [2.75, 3.05) is 19.1 Å². The molecule has 1 aliphatic rings. The predicted octanol–water partition coefficient (Wildman–Crippen LogP) is 5.65. The van der Waals surface area contributed by atoms with Crippen LogP contribution in [0, 0.1) is 5.82 Å². The number of methoxy groups -OCH3 is 2. The summed E-state index contributed by atoms with van der Waals surface area (Å²) < 4.78 is 25.7. The number of nitrogens with one attached hydrogen (secondary N) is 1. The fourth-order valence-corrected chi connectivity index (χ4v) is 5.07. The Bertz CT molecular complexity index is 1580. The molecule has 4 aromatic rings. The lowest BCUT2D eigenvalue weighted by Crippen LogP contribution is -2.30. The number of benzene rings is 3. The lowest BCUT2D eigenvalue weighted by atomic mass is 9.94. The number of aromatic nitrogens is 2. The Morgan fingerprint density at radius 2 is 1.73 bits per heavy atom. The SMILES string of the molecule is COc1c(Cl)cc(/C(O)=C2\C(=O)C(=O)N(c3nc4ccccc4[nH]3)C2c2ccccc2F)c(OC)c1Cl. The van der Waals surface area contributed by atoms with Crippen molar-refractivity contribution in [2.24, 2.45) is 0 Å². The summed E-state index contributed by atoms with van der Waals surface area (Å²) >= 11 is 12.7. The number of carbonyl (C=O) groups excluding carboxylic acids is 2. The van der Waals surface area contributed by atoms with Crippen LogP contribution in [0.2, 0.25) is 10.0 Å². The van der Waals surface area contributed by atoms with Crippen LogP contribution in [0.3, 0.4) is 0 Å². The summed E-state index contributed by atoms with van der Waals surface area (Å²) in [5.41, 5.74) is 0.617. The van der Waals surface area contributed by atoms with Gasteiger partial charge in [0.15, 0.2) is 11.5 Å². The molecule has 1 saturated heterocycles. The fourth-order valence-electron chi connectivity index (χ4n) is 4.39. The van der Waals surface area contributed by atoms with E-state index in [1.165, 1.54) is 38.5 Å². The Morgan fingerprint density at radius 3 is 2.41 bits per heavy atom. The van der Waals surface area contributed by atoms with Crippen LogP contribution in [0.15, 0.2) is 60.2 Å². The standard InChI is InChI=1S/C26H18Cl2FN3O5/c1-36-23-13(11-14(27)24(37-2)19(23)28)21(33)18-20(12-7-3-4-8-15(12)29)32(25(35)22(18)34)26-30-16-9-5-6-10-17(16)31-26/h3-11,20,33H,1-2H3,(H,30,31)/b21-18+. The first kappa shape index (κ1) is 24.6. The zero-order valence-electron chi connectivity index (χ0n) is 19.4. The number of aliphatic hydroxyl groups excluding tert-OH is 1. The number of ketones is 1. The van der Waals surface area contributed by atoms with Crippen molar-refractivity contribution in [1.29, 1.82) is 0 Å². The van der Waals surface area contributed by atoms with E-state index in [1.807, 2.05) is 0 Å². The van der Waals surface area contributed by atoms with E-state index >= 15 is 4.39 Å². The van der Waals surface area contributed by atoms with E-state index < -0.39 is 34.9 Å². The highest BCUT2D eigenvalue weighted by atomic mass is 35.5. The molecule has 2 heterocycles. The summed E-state index contributed by atoms with van der Waals surface area (Å²) in [7, 11) is 2.65. The molecular formula is C26H18Cl2FN3O5. The summed E-state index contributed by atoms with van der Waals surface area (Å²) in [6.07, 6.45) is 0. The summed E-state index contributed by atoms with van der Waals surface area (Å²) in [5, 5.41) is 11.4. The second-order valence-corrected chi connectivity index (χ2v) is 8.84. The number of hydrogen-bond acceptors (Lipinski definition) is 6. The first-order chi connectivity index (χ1) is 17.8. The molecule has 37 heavy (non-hydrogen) atoms. The minimum absolute atomic E-state index is 0.00774. The monoisotopic (exact) mass is 541 g/mol. The van der Waals surface area contributed by atoms with Gasteiger partial charge in [-0.25, -0.2) is 9.37 Å². The average Bonchev–Trinajstić information content (AvgIpc) is 3.42. The lowest BCUT2D eigenvalue weighted by Gasteiger charge is -2.23. The van der Waals surface area contributed by atoms with Crippen molar-refractivity contribution in [3.8, 4) is 11.5 Å². The smallest absolute Gasteiger partial charge is 0.302 e. The molecule has 1 aromatic heterocycles. The molecule has 0 saturated carbocycles. The maximum atomic E-state index is 15.1. The first-order valence-corrected chi connectivity index (χ1v) is 11.6. The normalized spacial score (nSPS) is 17.0. The number of Topliss-reactive ketones (excluding diaryl/α,β-unsaturated/α-hetero) is 1. The van der Waals surface area contributed by atoms with Gasteiger partial charge < -0.3 is 19.6 Å². The minimum Gasteiger partial charge on any atom is -0.507 e. The van der Waals surface area contributed by atoms with Crippen LogP contribution in [0.4, 0.5) is 10.3 Å². The maximum Gasteiger partial charge on any atom is 0.302 e. The predicted molar refractivity (Wildman–Crippen MR) is 137 cm³/mol. The number of halogens is 3. The number of H-pyrrole nitrogens is 1. The third-order valence-corrected chi connectivity index (χ3v) is 6.67. The van der Waals surface area contributed by atoms with Gasteiger partial charge in [0.05, 0.1) is 41.4 Å². The summed E-state index contributed by atoms with van der Waals surface area (Å²) in [5.74, 6) is -3.39. The minimum atomic E-state index is -1.37. The quantitative estimate of drug-likeness (QED) is 0.192. The molecule has 2 N–H and O–H groups in total. The Kier molecular flexibility index (Phi) is 6.26. The molecule has 1 amide bonds. The van der Waals surface area contributed by atoms with E-state index in [-0.39, 0.29) is 38.6 Å². The van der Waals surface area contributed by atoms with E-state index in [0.717, 1.165) is 4.90 Å². The number of aliphatic hydroxyl groups is 1. The molecule has 0 aliphatic carbocycles. The van der Waals surface area contributed by atoms with Crippen molar-refractivity contribution in [1.82, 2.24) is 9.97 Å². The molecule has 0 radical (unpaired) electrons. The molecule has 8 nitrogen and oxygen atoms in total. The van der Waals surface area contributed by atoms with Gasteiger partial charge in [-0.2, -0.15) is 0 Å². The van der Waals surface area contributed by atoms with E-state index in [0.29, 0.717) is 11.0 Å². The van der Waals surface area contributed by atoms with Gasteiger partial charge in [0.2, 0.25) is 5.95 Å². The molecule has 1 aliphatic heterocycles. The van der Waals surface area contributed by atoms with Gasteiger partial charge in [0, 0.05) is 5.56 Å². The van der Waals surface area contributed by atoms with Crippen LogP contribution in [0.25, 0.3) is 16.8 Å². The number of nitrogens with zero attached hydrogens (tertiary/aromatic N) is 2. The Hall–Kier alpha value is -4.08. The maximum absolute atomic E-state index is 15.1. The van der Waals surface area contributed by atoms with Gasteiger partial charge in [0.1, 0.15) is 22.6 Å². The zero-order valence-corrected chi connectivity index (χ0v) is 20.9. The number of para-hydroxylation sites is 2. The number of anilines is 1. The van der Waals surface area contributed by atoms with Crippen LogP contribution in [-0.2, 0) is 9.59 Å². The zero-order chi connectivity index (χ0) is 26.4. The van der Waals surface area contributed by atoms with E-state index in [2.05, 4.69) is 9.97 Å². The number of carbonyl (C=O) groups is 2. The van der Waals surface area contributed by atoms with Crippen molar-refractivity contribution >= 4 is 57.6 Å². The van der Waals surface area contributed by atoms with Crippen LogP contribution in [0.5, 0.6) is 11.5 Å².